The quantitative estimate of drug-likeness (QED) is 0.768. The molecule has 0 unspecified atom stereocenters. The molecule has 0 aliphatic carbocycles. The Morgan fingerprint density at radius 1 is 1.24 bits per heavy atom. The van der Waals surface area contributed by atoms with Crippen molar-refractivity contribution in [3.63, 3.8) is 0 Å². The minimum Gasteiger partial charge on any atom is -0.343 e. The van der Waals surface area contributed by atoms with Gasteiger partial charge in [-0.1, -0.05) is 20.8 Å². The van der Waals surface area contributed by atoms with Crippen LogP contribution in [0.1, 0.15) is 57.8 Å². The van der Waals surface area contributed by atoms with E-state index < -0.39 is 0 Å². The van der Waals surface area contributed by atoms with Crippen molar-refractivity contribution >= 4 is 10.9 Å². The molecule has 0 aliphatic heterocycles. The van der Waals surface area contributed by atoms with Crippen molar-refractivity contribution in [3.05, 3.63) is 29.7 Å². The number of hydrogen-bond donors (Lipinski definition) is 0. The van der Waals surface area contributed by atoms with Crippen LogP contribution in [0.25, 0.3) is 10.9 Å². The predicted molar refractivity (Wildman–Crippen MR) is 73.6 cm³/mol. The summed E-state index contributed by atoms with van der Waals surface area (Å²) in [5, 5.41) is 1.37. The van der Waals surface area contributed by atoms with E-state index in [1.54, 1.807) is 0 Å². The number of pyridine rings is 1. The van der Waals surface area contributed by atoms with Crippen LogP contribution in [0.3, 0.4) is 0 Å². The lowest BCUT2D eigenvalue weighted by molar-refractivity contribution is 0.620. The van der Waals surface area contributed by atoms with E-state index in [1.807, 2.05) is 6.20 Å². The van der Waals surface area contributed by atoms with Crippen LogP contribution in [0, 0.1) is 0 Å². The second-order valence-electron chi connectivity index (χ2n) is 5.29. The zero-order chi connectivity index (χ0) is 12.6. The topological polar surface area (TPSA) is 17.8 Å². The molecule has 0 fully saturated rings. The monoisotopic (exact) mass is 230 g/mol. The molecule has 2 heterocycles. The molecule has 0 N–H and O–H groups in total. The third kappa shape index (κ3) is 2.08. The van der Waals surface area contributed by atoms with E-state index >= 15 is 0 Å². The fourth-order valence-corrected chi connectivity index (χ4v) is 2.26. The molecule has 0 aromatic carbocycles. The van der Waals surface area contributed by atoms with E-state index in [-0.39, 0.29) is 0 Å². The minimum atomic E-state index is 0.490. The van der Waals surface area contributed by atoms with Gasteiger partial charge in [0.2, 0.25) is 0 Å². The van der Waals surface area contributed by atoms with Crippen molar-refractivity contribution in [2.24, 2.45) is 0 Å². The Bertz CT molecular complexity index is 521. The Morgan fingerprint density at radius 2 is 1.94 bits per heavy atom. The van der Waals surface area contributed by atoms with Crippen molar-refractivity contribution in [1.82, 2.24) is 9.55 Å². The Balaban J connectivity index is 2.68. The van der Waals surface area contributed by atoms with Crippen LogP contribution in [0.4, 0.5) is 0 Å². The number of rotatable bonds is 3. The second kappa shape index (κ2) is 4.52. The van der Waals surface area contributed by atoms with Gasteiger partial charge in [0.1, 0.15) is 0 Å². The summed E-state index contributed by atoms with van der Waals surface area (Å²) in [6.45, 7) is 11.0. The highest BCUT2D eigenvalue weighted by Crippen LogP contribution is 2.27. The van der Waals surface area contributed by atoms with Gasteiger partial charge in [-0.25, -0.2) is 0 Å². The third-order valence-electron chi connectivity index (χ3n) is 3.35. The Hall–Kier alpha value is -1.31. The average Bonchev–Trinajstić information content (AvgIpc) is 2.66. The van der Waals surface area contributed by atoms with E-state index in [2.05, 4.69) is 56.4 Å². The molecule has 2 aromatic heterocycles. The Kier molecular flexibility index (Phi) is 3.23. The van der Waals surface area contributed by atoms with Gasteiger partial charge in [-0.3, -0.25) is 4.98 Å². The van der Waals surface area contributed by atoms with Crippen molar-refractivity contribution in [3.8, 4) is 0 Å². The van der Waals surface area contributed by atoms with Gasteiger partial charge < -0.3 is 4.57 Å². The summed E-state index contributed by atoms with van der Waals surface area (Å²) in [5.74, 6) is 0.492. The molecule has 0 saturated heterocycles. The van der Waals surface area contributed by atoms with Gasteiger partial charge in [0, 0.05) is 23.3 Å². The molecular formula is C15H22N2. The first-order valence-electron chi connectivity index (χ1n) is 6.54. The van der Waals surface area contributed by atoms with Crippen LogP contribution < -0.4 is 0 Å². The highest BCUT2D eigenvalue weighted by atomic mass is 15.0. The van der Waals surface area contributed by atoms with E-state index in [9.17, 15) is 0 Å². The lowest BCUT2D eigenvalue weighted by Crippen LogP contribution is -1.99. The maximum absolute atomic E-state index is 4.58. The van der Waals surface area contributed by atoms with Crippen LogP contribution in [0.15, 0.2) is 18.5 Å². The van der Waals surface area contributed by atoms with Crippen LogP contribution >= 0.6 is 0 Å². The van der Waals surface area contributed by atoms with Crippen LogP contribution in [-0.4, -0.2) is 9.55 Å². The highest BCUT2D eigenvalue weighted by Gasteiger charge is 2.11. The summed E-state index contributed by atoms with van der Waals surface area (Å²) in [7, 11) is 0. The molecule has 0 amide bonds. The maximum Gasteiger partial charge on any atom is 0.0672 e. The summed E-state index contributed by atoms with van der Waals surface area (Å²) >= 11 is 0. The van der Waals surface area contributed by atoms with Gasteiger partial charge in [0.05, 0.1) is 11.7 Å². The second-order valence-corrected chi connectivity index (χ2v) is 5.29. The summed E-state index contributed by atoms with van der Waals surface area (Å²) in [6.07, 6.45) is 5.39. The van der Waals surface area contributed by atoms with Crippen molar-refractivity contribution < 1.29 is 0 Å². The van der Waals surface area contributed by atoms with Gasteiger partial charge in [-0.05, 0) is 37.8 Å². The molecule has 2 nitrogen and oxygen atoms in total. The number of nitrogens with zero attached hydrogens (tertiary/aromatic N) is 2. The summed E-state index contributed by atoms with van der Waals surface area (Å²) in [4.78, 5) is 4.58. The lowest BCUT2D eigenvalue weighted by atomic mass is 10.1. The largest absolute Gasteiger partial charge is 0.343 e. The number of aromatic nitrogens is 2. The normalized spacial score (nSPS) is 11.9. The highest BCUT2D eigenvalue weighted by molar-refractivity contribution is 5.83. The minimum absolute atomic E-state index is 0.490. The lowest BCUT2D eigenvalue weighted by Gasteiger charge is -2.09. The molecule has 92 valence electrons. The van der Waals surface area contributed by atoms with Crippen LogP contribution in [-0.2, 0) is 6.42 Å². The maximum atomic E-state index is 4.58. The van der Waals surface area contributed by atoms with Crippen LogP contribution in [0.2, 0.25) is 0 Å². The Labute approximate surface area is 104 Å². The van der Waals surface area contributed by atoms with E-state index in [4.69, 9.17) is 0 Å². The molecule has 0 aliphatic rings. The van der Waals surface area contributed by atoms with E-state index in [0.29, 0.717) is 12.0 Å². The van der Waals surface area contributed by atoms with E-state index in [0.717, 1.165) is 6.42 Å². The molecule has 2 rings (SSSR count). The molecule has 17 heavy (non-hydrogen) atoms. The third-order valence-corrected chi connectivity index (χ3v) is 3.35. The number of fused-ring (bicyclic) bond motifs is 1. The summed E-state index contributed by atoms with van der Waals surface area (Å²) in [6, 6.07) is 2.75. The first kappa shape index (κ1) is 12.2. The predicted octanol–water partition coefficient (Wildman–Crippen LogP) is 4.30. The SMILES string of the molecule is CCc1cn(C(C)C)c2cnc(C(C)C)cc12. The zero-order valence-electron chi connectivity index (χ0n) is 11.5. The molecular weight excluding hydrogens is 208 g/mol. The molecule has 0 bridgehead atoms. The zero-order valence-corrected chi connectivity index (χ0v) is 11.5. The van der Waals surface area contributed by atoms with Crippen molar-refractivity contribution in [2.75, 3.05) is 0 Å². The average molecular weight is 230 g/mol. The molecule has 0 spiro atoms. The Morgan fingerprint density at radius 3 is 2.47 bits per heavy atom. The number of aryl methyl sites for hydroxylation is 1. The standard InChI is InChI=1S/C15H22N2/c1-6-12-9-17(11(4)5)15-8-16-14(10(2)3)7-13(12)15/h7-11H,6H2,1-5H3. The first-order chi connectivity index (χ1) is 8.04. The van der Waals surface area contributed by atoms with Crippen LogP contribution in [0.5, 0.6) is 0 Å². The van der Waals surface area contributed by atoms with Gasteiger partial charge in [0.25, 0.3) is 0 Å². The molecule has 0 saturated carbocycles. The fraction of sp³-hybridized carbons (Fsp3) is 0.533. The van der Waals surface area contributed by atoms with Crippen molar-refractivity contribution in [1.29, 1.82) is 0 Å². The summed E-state index contributed by atoms with van der Waals surface area (Å²) in [5.41, 5.74) is 3.88. The van der Waals surface area contributed by atoms with Gasteiger partial charge in [-0.2, -0.15) is 0 Å². The van der Waals surface area contributed by atoms with Gasteiger partial charge in [0.15, 0.2) is 0 Å². The molecule has 2 aromatic rings. The molecule has 0 radical (unpaired) electrons. The van der Waals surface area contributed by atoms with E-state index in [1.165, 1.54) is 22.2 Å². The molecule has 0 atom stereocenters. The van der Waals surface area contributed by atoms with Gasteiger partial charge >= 0.3 is 0 Å². The van der Waals surface area contributed by atoms with Crippen molar-refractivity contribution in [2.45, 2.75) is 53.0 Å². The number of hydrogen-bond acceptors (Lipinski definition) is 1. The molecule has 2 heteroatoms. The first-order valence-corrected chi connectivity index (χ1v) is 6.54. The fourth-order valence-electron chi connectivity index (χ4n) is 2.26. The summed E-state index contributed by atoms with van der Waals surface area (Å²) < 4.78 is 2.32. The smallest absolute Gasteiger partial charge is 0.0672 e. The van der Waals surface area contributed by atoms with Gasteiger partial charge in [-0.15, -0.1) is 0 Å².